The van der Waals surface area contributed by atoms with Crippen LogP contribution in [0.4, 0.5) is 0 Å². The van der Waals surface area contributed by atoms with Crippen LogP contribution in [-0.2, 0) is 4.80 Å². The summed E-state index contributed by atoms with van der Waals surface area (Å²) in [5.74, 6) is 0. The Labute approximate surface area is 81.6 Å². The van der Waals surface area contributed by atoms with Gasteiger partial charge in [-0.2, -0.15) is 0 Å². The molecule has 1 unspecified atom stereocenters. The highest BCUT2D eigenvalue weighted by Gasteiger charge is 2.37. The lowest BCUT2D eigenvalue weighted by atomic mass is 10.4. The van der Waals surface area contributed by atoms with Gasteiger partial charge in [-0.1, -0.05) is 51.1 Å². The van der Waals surface area contributed by atoms with Gasteiger partial charge in [0.25, 0.3) is 8.32 Å². The molecule has 0 saturated heterocycles. The van der Waals surface area contributed by atoms with Crippen LogP contribution in [0.3, 0.4) is 0 Å². The molecule has 0 aromatic heterocycles. The van der Waals surface area contributed by atoms with Crippen LogP contribution in [0.5, 0.6) is 0 Å². The highest BCUT2D eigenvalue weighted by atomic mass is 28.4. The van der Waals surface area contributed by atoms with Crippen molar-refractivity contribution < 1.29 is 4.80 Å². The van der Waals surface area contributed by atoms with Gasteiger partial charge in [0, 0.05) is 0 Å². The van der Waals surface area contributed by atoms with Gasteiger partial charge in [-0.15, -0.1) is 0 Å². The van der Waals surface area contributed by atoms with Gasteiger partial charge in [0.2, 0.25) is 0 Å². The van der Waals surface area contributed by atoms with E-state index < -0.39 is 8.32 Å². The minimum absolute atomic E-state index is 0.278. The van der Waals surface area contributed by atoms with E-state index in [9.17, 15) is 4.80 Å². The summed E-state index contributed by atoms with van der Waals surface area (Å²) in [6.07, 6.45) is 0. The molecule has 0 saturated carbocycles. The second kappa shape index (κ2) is 4.07. The van der Waals surface area contributed by atoms with Gasteiger partial charge in [0.1, 0.15) is 0 Å². The molecule has 1 aromatic carbocycles. The Morgan fingerprint density at radius 3 is 2.15 bits per heavy atom. The SMILES string of the molecule is CC[Si]([O])(c1ccccc1)C(C)C. The topological polar surface area (TPSA) is 19.9 Å². The maximum atomic E-state index is 12.5. The standard InChI is InChI=1S/C11H17OSi/c1-4-13(12,10(2)3)11-8-6-5-7-9-11/h5-10H,4H2,1-3H3. The maximum Gasteiger partial charge on any atom is 0.270 e. The Morgan fingerprint density at radius 2 is 1.77 bits per heavy atom. The summed E-state index contributed by atoms with van der Waals surface area (Å²) in [4.78, 5) is 12.5. The van der Waals surface area contributed by atoms with Gasteiger partial charge in [0.05, 0.1) is 0 Å². The van der Waals surface area contributed by atoms with Crippen molar-refractivity contribution in [3.8, 4) is 0 Å². The molecule has 0 spiro atoms. The second-order valence-corrected chi connectivity index (χ2v) is 7.98. The Bertz CT molecular complexity index is 258. The summed E-state index contributed by atoms with van der Waals surface area (Å²) in [5, 5.41) is 1.05. The van der Waals surface area contributed by atoms with E-state index in [1.807, 2.05) is 37.3 Å². The zero-order valence-corrected chi connectivity index (χ0v) is 9.58. The first-order chi connectivity index (χ1) is 6.11. The molecule has 1 nitrogen and oxygen atoms in total. The molecule has 0 bridgehead atoms. The molecule has 1 aromatic rings. The van der Waals surface area contributed by atoms with Crippen LogP contribution < -0.4 is 5.19 Å². The predicted molar refractivity (Wildman–Crippen MR) is 58.1 cm³/mol. The lowest BCUT2D eigenvalue weighted by Gasteiger charge is -2.25. The Hall–Kier alpha value is -0.603. The summed E-state index contributed by atoms with van der Waals surface area (Å²) < 4.78 is 0. The summed E-state index contributed by atoms with van der Waals surface area (Å²) >= 11 is 0. The largest absolute Gasteiger partial charge is 0.291 e. The van der Waals surface area contributed by atoms with E-state index >= 15 is 0 Å². The van der Waals surface area contributed by atoms with Gasteiger partial charge in [-0.25, -0.2) is 0 Å². The molecule has 2 heteroatoms. The van der Waals surface area contributed by atoms with Gasteiger partial charge in [0.15, 0.2) is 0 Å². The first-order valence-corrected chi connectivity index (χ1v) is 7.06. The summed E-state index contributed by atoms with van der Waals surface area (Å²) in [7, 11) is -2.43. The molecule has 0 amide bonds. The predicted octanol–water partition coefficient (Wildman–Crippen LogP) is 2.70. The normalized spacial score (nSPS) is 15.8. The van der Waals surface area contributed by atoms with Crippen LogP contribution in [-0.4, -0.2) is 8.32 Å². The van der Waals surface area contributed by atoms with Crippen molar-refractivity contribution in [3.05, 3.63) is 30.3 Å². The first-order valence-electron chi connectivity index (χ1n) is 4.87. The molecule has 0 N–H and O–H groups in total. The number of benzene rings is 1. The van der Waals surface area contributed by atoms with Crippen LogP contribution in [0.2, 0.25) is 11.6 Å². The van der Waals surface area contributed by atoms with E-state index in [0.717, 1.165) is 11.2 Å². The second-order valence-electron chi connectivity index (χ2n) is 3.76. The van der Waals surface area contributed by atoms with Crippen LogP contribution in [0.25, 0.3) is 0 Å². The van der Waals surface area contributed by atoms with Gasteiger partial charge in [-0.3, -0.25) is 4.80 Å². The number of rotatable bonds is 3. The molecular formula is C11H17OSi. The van der Waals surface area contributed by atoms with Crippen molar-refractivity contribution in [1.29, 1.82) is 0 Å². The smallest absolute Gasteiger partial charge is 0.270 e. The zero-order chi connectivity index (χ0) is 9.90. The van der Waals surface area contributed by atoms with Gasteiger partial charge >= 0.3 is 0 Å². The lowest BCUT2D eigenvalue weighted by Crippen LogP contribution is -2.48. The average Bonchev–Trinajstić information content (AvgIpc) is 2.17. The van der Waals surface area contributed by atoms with Crippen molar-refractivity contribution in [2.75, 3.05) is 0 Å². The van der Waals surface area contributed by atoms with Crippen LogP contribution in [0.1, 0.15) is 20.8 Å². The summed E-state index contributed by atoms with van der Waals surface area (Å²) in [6, 6.07) is 10.7. The third kappa shape index (κ3) is 2.01. The zero-order valence-electron chi connectivity index (χ0n) is 8.58. The fraction of sp³-hybridized carbons (Fsp3) is 0.455. The van der Waals surface area contributed by atoms with E-state index in [4.69, 9.17) is 0 Å². The lowest BCUT2D eigenvalue weighted by molar-refractivity contribution is 0.417. The fourth-order valence-electron chi connectivity index (χ4n) is 1.67. The molecule has 1 rings (SSSR count). The van der Waals surface area contributed by atoms with Crippen molar-refractivity contribution in [3.63, 3.8) is 0 Å². The van der Waals surface area contributed by atoms with E-state index in [1.165, 1.54) is 0 Å². The van der Waals surface area contributed by atoms with Crippen LogP contribution >= 0.6 is 0 Å². The first kappa shape index (κ1) is 10.5. The average molecular weight is 193 g/mol. The number of hydrogen-bond donors (Lipinski definition) is 0. The Morgan fingerprint density at radius 1 is 1.23 bits per heavy atom. The van der Waals surface area contributed by atoms with Crippen molar-refractivity contribution >= 4 is 13.5 Å². The minimum Gasteiger partial charge on any atom is -0.291 e. The molecule has 71 valence electrons. The van der Waals surface area contributed by atoms with Crippen LogP contribution in [0.15, 0.2) is 30.3 Å². The maximum absolute atomic E-state index is 12.5. The van der Waals surface area contributed by atoms with Crippen molar-refractivity contribution in [2.45, 2.75) is 32.4 Å². The third-order valence-electron chi connectivity index (χ3n) is 2.72. The highest BCUT2D eigenvalue weighted by molar-refractivity contribution is 6.86. The molecule has 1 radical (unpaired) electrons. The molecule has 0 fully saturated rings. The summed E-state index contributed by atoms with van der Waals surface area (Å²) in [6.45, 7) is 6.12. The molecule has 0 aliphatic carbocycles. The van der Waals surface area contributed by atoms with E-state index in [2.05, 4.69) is 13.8 Å². The molecule has 13 heavy (non-hydrogen) atoms. The Balaban J connectivity index is 3.03. The van der Waals surface area contributed by atoms with Crippen molar-refractivity contribution in [2.24, 2.45) is 0 Å². The quantitative estimate of drug-likeness (QED) is 0.658. The minimum atomic E-state index is -2.43. The van der Waals surface area contributed by atoms with Crippen molar-refractivity contribution in [1.82, 2.24) is 0 Å². The molecule has 1 atom stereocenters. The molecule has 0 aliphatic heterocycles. The molecule has 0 heterocycles. The van der Waals surface area contributed by atoms with E-state index in [0.29, 0.717) is 0 Å². The molecule has 0 aliphatic rings. The van der Waals surface area contributed by atoms with Gasteiger partial charge in [-0.05, 0) is 16.8 Å². The third-order valence-corrected chi connectivity index (χ3v) is 6.95. The van der Waals surface area contributed by atoms with Gasteiger partial charge < -0.3 is 0 Å². The molecular weight excluding hydrogens is 176 g/mol. The highest BCUT2D eigenvalue weighted by Crippen LogP contribution is 2.22. The fourth-order valence-corrected chi connectivity index (χ4v) is 4.31. The van der Waals surface area contributed by atoms with Crippen LogP contribution in [0, 0.1) is 0 Å². The van der Waals surface area contributed by atoms with E-state index in [-0.39, 0.29) is 5.54 Å². The van der Waals surface area contributed by atoms with E-state index in [1.54, 1.807) is 0 Å². The number of hydrogen-bond acceptors (Lipinski definition) is 0. The Kier molecular flexibility index (Phi) is 3.28. The summed E-state index contributed by atoms with van der Waals surface area (Å²) in [5.41, 5.74) is 0.278. The monoisotopic (exact) mass is 193 g/mol.